The lowest BCUT2D eigenvalue weighted by Gasteiger charge is -2.10. The largest absolute Gasteiger partial charge is 0.473 e. The van der Waals surface area contributed by atoms with Gasteiger partial charge >= 0.3 is 0 Å². The molecule has 24 heavy (non-hydrogen) atoms. The number of aryl methyl sites for hydroxylation is 1. The summed E-state index contributed by atoms with van der Waals surface area (Å²) < 4.78 is 21.0. The summed E-state index contributed by atoms with van der Waals surface area (Å²) in [7, 11) is 0. The molecule has 0 bridgehead atoms. The average molecular weight is 325 g/mol. The van der Waals surface area contributed by atoms with Crippen LogP contribution in [-0.4, -0.2) is 21.1 Å². The van der Waals surface area contributed by atoms with Crippen molar-refractivity contribution >= 4 is 6.29 Å². The highest BCUT2D eigenvalue weighted by atomic mass is 19.1. The molecule has 1 aromatic carbocycles. The molecule has 0 fully saturated rings. The molecule has 0 radical (unpaired) electrons. The zero-order chi connectivity index (χ0) is 16.9. The maximum atomic E-state index is 13.8. The van der Waals surface area contributed by atoms with E-state index in [0.717, 1.165) is 11.8 Å². The summed E-state index contributed by atoms with van der Waals surface area (Å²) in [6, 6.07) is 9.99. The fraction of sp³-hybridized carbons (Fsp3) is 0.167. The van der Waals surface area contributed by atoms with Gasteiger partial charge in [0.2, 0.25) is 5.88 Å². The van der Waals surface area contributed by atoms with Crippen LogP contribution >= 0.6 is 0 Å². The van der Waals surface area contributed by atoms with Crippen LogP contribution in [0, 0.1) is 5.82 Å². The normalized spacial score (nSPS) is 10.6. The molecule has 3 aromatic rings. The number of hydrogen-bond donors (Lipinski definition) is 0. The lowest BCUT2D eigenvalue weighted by atomic mass is 10.1. The minimum atomic E-state index is -0.229. The lowest BCUT2D eigenvalue weighted by Crippen LogP contribution is -2.05. The monoisotopic (exact) mass is 325 g/mol. The van der Waals surface area contributed by atoms with Crippen molar-refractivity contribution in [2.75, 3.05) is 0 Å². The standard InChI is InChI=1S/C18H16FN3O2/c1-2-15-4-3-14(9-16(15)19)12-24-18-6-8-21-22(18)17-10-13(11-23)5-7-20-17/h3-11H,2,12H2,1H3. The molecular weight excluding hydrogens is 309 g/mol. The highest BCUT2D eigenvalue weighted by Crippen LogP contribution is 2.18. The Balaban J connectivity index is 1.78. The number of rotatable bonds is 6. The molecule has 0 unspecified atom stereocenters. The van der Waals surface area contributed by atoms with Gasteiger partial charge in [-0.05, 0) is 35.7 Å². The maximum absolute atomic E-state index is 13.8. The number of hydrogen-bond acceptors (Lipinski definition) is 4. The Morgan fingerprint density at radius 1 is 1.21 bits per heavy atom. The van der Waals surface area contributed by atoms with Crippen LogP contribution in [0.5, 0.6) is 5.88 Å². The smallest absolute Gasteiger partial charge is 0.218 e. The molecule has 0 atom stereocenters. The van der Waals surface area contributed by atoms with Gasteiger partial charge in [0.05, 0.1) is 6.20 Å². The Morgan fingerprint density at radius 3 is 2.83 bits per heavy atom. The van der Waals surface area contributed by atoms with E-state index in [4.69, 9.17) is 4.74 Å². The van der Waals surface area contributed by atoms with Crippen molar-refractivity contribution in [2.24, 2.45) is 0 Å². The van der Waals surface area contributed by atoms with Crippen molar-refractivity contribution in [2.45, 2.75) is 20.0 Å². The zero-order valence-electron chi connectivity index (χ0n) is 13.1. The lowest BCUT2D eigenvalue weighted by molar-refractivity contribution is 0.112. The first-order valence-corrected chi connectivity index (χ1v) is 7.57. The predicted molar refractivity (Wildman–Crippen MR) is 86.9 cm³/mol. The van der Waals surface area contributed by atoms with Crippen LogP contribution in [0.15, 0.2) is 48.8 Å². The molecule has 0 aliphatic heterocycles. The van der Waals surface area contributed by atoms with Gasteiger partial charge in [0, 0.05) is 17.8 Å². The minimum absolute atomic E-state index is 0.208. The summed E-state index contributed by atoms with van der Waals surface area (Å²) in [4.78, 5) is 15.1. The molecule has 0 spiro atoms. The highest BCUT2D eigenvalue weighted by molar-refractivity contribution is 5.75. The molecule has 6 heteroatoms. The Morgan fingerprint density at radius 2 is 2.08 bits per heavy atom. The third kappa shape index (κ3) is 3.32. The van der Waals surface area contributed by atoms with Crippen LogP contribution in [0.3, 0.4) is 0 Å². The molecule has 0 N–H and O–H groups in total. The summed E-state index contributed by atoms with van der Waals surface area (Å²) in [5.41, 5.74) is 1.91. The van der Waals surface area contributed by atoms with E-state index in [1.165, 1.54) is 16.9 Å². The van der Waals surface area contributed by atoms with Gasteiger partial charge in [-0.1, -0.05) is 19.1 Å². The molecule has 2 heterocycles. The fourth-order valence-electron chi connectivity index (χ4n) is 2.32. The molecule has 122 valence electrons. The van der Waals surface area contributed by atoms with Gasteiger partial charge in [-0.15, -0.1) is 0 Å². The third-order valence-corrected chi connectivity index (χ3v) is 3.62. The number of carbonyl (C=O) groups is 1. The molecule has 3 rings (SSSR count). The van der Waals surface area contributed by atoms with Crippen molar-refractivity contribution in [3.05, 3.63) is 71.3 Å². The van der Waals surface area contributed by atoms with Crippen LogP contribution in [-0.2, 0) is 13.0 Å². The van der Waals surface area contributed by atoms with Gasteiger partial charge in [-0.2, -0.15) is 9.78 Å². The van der Waals surface area contributed by atoms with Gasteiger partial charge in [0.1, 0.15) is 18.7 Å². The number of aromatic nitrogens is 3. The summed E-state index contributed by atoms with van der Waals surface area (Å²) in [6.45, 7) is 2.12. The van der Waals surface area contributed by atoms with Gasteiger partial charge < -0.3 is 4.74 Å². The van der Waals surface area contributed by atoms with Crippen molar-refractivity contribution in [3.8, 4) is 11.7 Å². The van der Waals surface area contributed by atoms with E-state index < -0.39 is 0 Å². The van der Waals surface area contributed by atoms with Gasteiger partial charge in [0.15, 0.2) is 5.82 Å². The molecule has 0 saturated heterocycles. The van der Waals surface area contributed by atoms with Crippen molar-refractivity contribution in [3.63, 3.8) is 0 Å². The number of benzene rings is 1. The third-order valence-electron chi connectivity index (χ3n) is 3.62. The van der Waals surface area contributed by atoms with Crippen LogP contribution in [0.2, 0.25) is 0 Å². The van der Waals surface area contributed by atoms with Gasteiger partial charge in [0.25, 0.3) is 0 Å². The number of nitrogens with zero attached hydrogens (tertiary/aromatic N) is 3. The first-order valence-electron chi connectivity index (χ1n) is 7.57. The van der Waals surface area contributed by atoms with Crippen molar-refractivity contribution < 1.29 is 13.9 Å². The molecule has 0 aliphatic carbocycles. The molecular formula is C18H16FN3O2. The van der Waals surface area contributed by atoms with E-state index in [9.17, 15) is 9.18 Å². The first kappa shape index (κ1) is 15.9. The molecule has 2 aromatic heterocycles. The second kappa shape index (κ2) is 7.04. The van der Waals surface area contributed by atoms with Crippen LogP contribution in [0.25, 0.3) is 5.82 Å². The summed E-state index contributed by atoms with van der Waals surface area (Å²) in [6.07, 6.45) is 4.50. The molecule has 0 aliphatic rings. The number of halogens is 1. The van der Waals surface area contributed by atoms with E-state index in [1.807, 2.05) is 13.0 Å². The summed E-state index contributed by atoms with van der Waals surface area (Å²) in [5, 5.41) is 4.16. The number of aldehydes is 1. The second-order valence-corrected chi connectivity index (χ2v) is 5.21. The van der Waals surface area contributed by atoms with E-state index >= 15 is 0 Å². The Kier molecular flexibility index (Phi) is 4.65. The van der Waals surface area contributed by atoms with E-state index in [0.29, 0.717) is 29.2 Å². The van der Waals surface area contributed by atoms with Crippen molar-refractivity contribution in [1.29, 1.82) is 0 Å². The van der Waals surface area contributed by atoms with E-state index in [1.54, 1.807) is 30.5 Å². The number of ether oxygens (including phenoxy) is 1. The number of pyridine rings is 1. The van der Waals surface area contributed by atoms with Crippen LogP contribution in [0.4, 0.5) is 4.39 Å². The highest BCUT2D eigenvalue weighted by Gasteiger charge is 2.09. The Bertz CT molecular complexity index is 861. The van der Waals surface area contributed by atoms with Gasteiger partial charge in [-0.3, -0.25) is 4.79 Å². The Hall–Kier alpha value is -3.02. The quantitative estimate of drug-likeness (QED) is 0.652. The SMILES string of the molecule is CCc1ccc(COc2ccnn2-c2cc(C=O)ccn2)cc1F. The molecule has 0 amide bonds. The van der Waals surface area contributed by atoms with Crippen LogP contribution < -0.4 is 4.74 Å². The fourth-order valence-corrected chi connectivity index (χ4v) is 2.32. The van der Waals surface area contributed by atoms with Crippen LogP contribution in [0.1, 0.15) is 28.4 Å². The second-order valence-electron chi connectivity index (χ2n) is 5.21. The first-order chi connectivity index (χ1) is 11.7. The average Bonchev–Trinajstić information content (AvgIpc) is 3.08. The topological polar surface area (TPSA) is 57.0 Å². The predicted octanol–water partition coefficient (Wildman–Crippen LogP) is 3.36. The molecule has 0 saturated carbocycles. The minimum Gasteiger partial charge on any atom is -0.473 e. The Labute approximate surface area is 138 Å². The molecule has 5 nitrogen and oxygen atoms in total. The van der Waals surface area contributed by atoms with Crippen molar-refractivity contribution in [1.82, 2.24) is 14.8 Å². The number of carbonyl (C=O) groups excluding carboxylic acids is 1. The summed E-state index contributed by atoms with van der Waals surface area (Å²) in [5.74, 6) is 0.713. The maximum Gasteiger partial charge on any atom is 0.218 e. The summed E-state index contributed by atoms with van der Waals surface area (Å²) >= 11 is 0. The van der Waals surface area contributed by atoms with Gasteiger partial charge in [-0.25, -0.2) is 9.37 Å². The van der Waals surface area contributed by atoms with E-state index in [2.05, 4.69) is 10.1 Å². The van der Waals surface area contributed by atoms with E-state index in [-0.39, 0.29) is 12.4 Å². The zero-order valence-corrected chi connectivity index (χ0v) is 13.1.